The number of hydrogen-bond acceptors (Lipinski definition) is 2. The topological polar surface area (TPSA) is 38.3 Å². The number of amides is 1. The van der Waals surface area contributed by atoms with Crippen LogP contribution in [0.15, 0.2) is 18.2 Å². The van der Waals surface area contributed by atoms with Gasteiger partial charge in [0.25, 0.3) is 5.91 Å². The van der Waals surface area contributed by atoms with Gasteiger partial charge in [-0.1, -0.05) is 13.0 Å². The summed E-state index contributed by atoms with van der Waals surface area (Å²) in [6, 6.07) is 5.73. The zero-order valence-electron chi connectivity index (χ0n) is 9.83. The molecule has 1 aliphatic rings. The van der Waals surface area contributed by atoms with Gasteiger partial charge in [-0.25, -0.2) is 0 Å². The van der Waals surface area contributed by atoms with Crippen LogP contribution < -0.4 is 5.32 Å². The van der Waals surface area contributed by atoms with Gasteiger partial charge in [0.05, 0.1) is 13.2 Å². The first-order valence-electron chi connectivity index (χ1n) is 5.81. The highest BCUT2D eigenvalue weighted by Gasteiger charge is 2.15. The molecule has 0 radical (unpaired) electrons. The van der Waals surface area contributed by atoms with Crippen molar-refractivity contribution in [2.75, 3.05) is 5.88 Å². The molecule has 0 saturated carbocycles. The maximum Gasteiger partial charge on any atom is 0.251 e. The van der Waals surface area contributed by atoms with E-state index in [1.807, 2.05) is 25.1 Å². The van der Waals surface area contributed by atoms with Gasteiger partial charge in [-0.3, -0.25) is 4.79 Å². The number of hydrogen-bond donors (Lipinski definition) is 1. The molecule has 1 amide bonds. The molecule has 0 spiro atoms. The van der Waals surface area contributed by atoms with Crippen molar-refractivity contribution in [2.24, 2.45) is 0 Å². The molecule has 1 atom stereocenters. The Morgan fingerprint density at radius 1 is 1.47 bits per heavy atom. The fourth-order valence-corrected chi connectivity index (χ4v) is 2.13. The van der Waals surface area contributed by atoms with Crippen LogP contribution in [0.2, 0.25) is 0 Å². The Hall–Kier alpha value is -1.06. The molecule has 17 heavy (non-hydrogen) atoms. The van der Waals surface area contributed by atoms with Crippen LogP contribution in [0, 0.1) is 0 Å². The maximum absolute atomic E-state index is 12.0. The van der Waals surface area contributed by atoms with E-state index in [0.29, 0.717) is 24.7 Å². The highest BCUT2D eigenvalue weighted by atomic mass is 35.5. The van der Waals surface area contributed by atoms with Crippen molar-refractivity contribution in [3.63, 3.8) is 0 Å². The van der Waals surface area contributed by atoms with Crippen LogP contribution in [0.4, 0.5) is 0 Å². The Bertz CT molecular complexity index is 416. The molecule has 1 unspecified atom stereocenters. The summed E-state index contributed by atoms with van der Waals surface area (Å²) in [7, 11) is 0. The fourth-order valence-electron chi connectivity index (χ4n) is 1.83. The molecule has 92 valence electrons. The van der Waals surface area contributed by atoms with Gasteiger partial charge in [0.15, 0.2) is 0 Å². The Morgan fingerprint density at radius 2 is 2.24 bits per heavy atom. The quantitative estimate of drug-likeness (QED) is 0.838. The van der Waals surface area contributed by atoms with Crippen LogP contribution in [0.25, 0.3) is 0 Å². The van der Waals surface area contributed by atoms with Gasteiger partial charge in [-0.15, -0.1) is 11.6 Å². The number of ether oxygens (including phenoxy) is 1. The second kappa shape index (κ2) is 5.52. The summed E-state index contributed by atoms with van der Waals surface area (Å²) < 4.78 is 5.32. The molecule has 2 rings (SSSR count). The second-order valence-electron chi connectivity index (χ2n) is 4.21. The molecule has 3 nitrogen and oxygen atoms in total. The van der Waals surface area contributed by atoms with Gasteiger partial charge < -0.3 is 10.1 Å². The Balaban J connectivity index is 2.09. The van der Waals surface area contributed by atoms with Crippen LogP contribution in [-0.2, 0) is 18.0 Å². The summed E-state index contributed by atoms with van der Waals surface area (Å²) in [4.78, 5) is 12.0. The van der Waals surface area contributed by atoms with Gasteiger partial charge in [0, 0.05) is 17.5 Å². The van der Waals surface area contributed by atoms with Crippen molar-refractivity contribution in [3.8, 4) is 0 Å². The molecule has 0 saturated heterocycles. The lowest BCUT2D eigenvalue weighted by Crippen LogP contribution is -2.35. The number of nitrogens with one attached hydrogen (secondary N) is 1. The molecule has 0 aliphatic carbocycles. The Labute approximate surface area is 106 Å². The number of carbonyl (C=O) groups is 1. The number of fused-ring (bicyclic) bond motifs is 1. The first-order chi connectivity index (χ1) is 8.24. The Kier molecular flexibility index (Phi) is 4.02. The molecule has 1 aromatic rings. The van der Waals surface area contributed by atoms with Crippen molar-refractivity contribution < 1.29 is 9.53 Å². The number of benzene rings is 1. The lowest BCUT2D eigenvalue weighted by molar-refractivity contribution is 0.0939. The van der Waals surface area contributed by atoms with E-state index in [0.717, 1.165) is 12.0 Å². The normalized spacial score (nSPS) is 15.4. The summed E-state index contributed by atoms with van der Waals surface area (Å²) >= 11 is 5.76. The largest absolute Gasteiger partial charge is 0.372 e. The van der Waals surface area contributed by atoms with Crippen molar-refractivity contribution in [1.29, 1.82) is 0 Å². The van der Waals surface area contributed by atoms with Crippen molar-refractivity contribution in [1.82, 2.24) is 5.32 Å². The number of rotatable bonds is 4. The van der Waals surface area contributed by atoms with Crippen LogP contribution in [-0.4, -0.2) is 17.8 Å². The summed E-state index contributed by atoms with van der Waals surface area (Å²) in [5, 5.41) is 2.91. The molecule has 1 aliphatic heterocycles. The summed E-state index contributed by atoms with van der Waals surface area (Å²) in [5.74, 6) is 0.378. The molecule has 0 fully saturated rings. The van der Waals surface area contributed by atoms with E-state index in [-0.39, 0.29) is 11.9 Å². The second-order valence-corrected chi connectivity index (χ2v) is 4.52. The molecule has 1 heterocycles. The smallest absolute Gasteiger partial charge is 0.251 e. The highest BCUT2D eigenvalue weighted by molar-refractivity contribution is 6.18. The van der Waals surface area contributed by atoms with Crippen molar-refractivity contribution in [2.45, 2.75) is 32.6 Å². The van der Waals surface area contributed by atoms with Gasteiger partial charge >= 0.3 is 0 Å². The zero-order valence-corrected chi connectivity index (χ0v) is 10.6. The van der Waals surface area contributed by atoms with Gasteiger partial charge in [-0.2, -0.15) is 0 Å². The molecule has 1 N–H and O–H groups in total. The van der Waals surface area contributed by atoms with Crippen LogP contribution in [0.1, 0.15) is 34.8 Å². The summed E-state index contributed by atoms with van der Waals surface area (Å²) in [6.45, 7) is 3.25. The van der Waals surface area contributed by atoms with Crippen LogP contribution in [0.3, 0.4) is 0 Å². The monoisotopic (exact) mass is 253 g/mol. The van der Waals surface area contributed by atoms with E-state index in [1.54, 1.807) is 0 Å². The zero-order chi connectivity index (χ0) is 12.3. The third kappa shape index (κ3) is 2.79. The van der Waals surface area contributed by atoms with E-state index in [9.17, 15) is 4.79 Å². The third-order valence-corrected chi connectivity index (χ3v) is 3.37. The molecule has 1 aromatic carbocycles. The minimum Gasteiger partial charge on any atom is -0.372 e. The average molecular weight is 254 g/mol. The summed E-state index contributed by atoms with van der Waals surface area (Å²) in [5.41, 5.74) is 2.96. The first-order valence-corrected chi connectivity index (χ1v) is 6.34. The van der Waals surface area contributed by atoms with Gasteiger partial charge in [-0.05, 0) is 29.7 Å². The molecular formula is C13H16ClNO2. The van der Waals surface area contributed by atoms with Gasteiger partial charge in [0.1, 0.15) is 0 Å². The molecule has 0 aromatic heterocycles. The third-order valence-electron chi connectivity index (χ3n) is 3.00. The SMILES string of the molecule is CCC(CCl)NC(=O)c1ccc2c(c1)COC2. The highest BCUT2D eigenvalue weighted by Crippen LogP contribution is 2.20. The molecule has 0 bridgehead atoms. The minimum absolute atomic E-state index is 0.0358. The molecular weight excluding hydrogens is 238 g/mol. The maximum atomic E-state index is 12.0. The number of carbonyl (C=O) groups excluding carboxylic acids is 1. The lowest BCUT2D eigenvalue weighted by atomic mass is 10.1. The minimum atomic E-state index is -0.0628. The van der Waals surface area contributed by atoms with E-state index in [2.05, 4.69) is 5.32 Å². The van der Waals surface area contributed by atoms with E-state index < -0.39 is 0 Å². The number of alkyl halides is 1. The summed E-state index contributed by atoms with van der Waals surface area (Å²) in [6.07, 6.45) is 0.837. The van der Waals surface area contributed by atoms with Gasteiger partial charge in [0.2, 0.25) is 0 Å². The number of halogens is 1. The van der Waals surface area contributed by atoms with Crippen molar-refractivity contribution in [3.05, 3.63) is 34.9 Å². The van der Waals surface area contributed by atoms with E-state index >= 15 is 0 Å². The van der Waals surface area contributed by atoms with Crippen LogP contribution >= 0.6 is 11.6 Å². The lowest BCUT2D eigenvalue weighted by Gasteiger charge is -2.14. The van der Waals surface area contributed by atoms with E-state index in [4.69, 9.17) is 16.3 Å². The first kappa shape index (κ1) is 12.4. The van der Waals surface area contributed by atoms with E-state index in [1.165, 1.54) is 5.56 Å². The predicted octanol–water partition coefficient (Wildman–Crippen LogP) is 2.46. The fraction of sp³-hybridized carbons (Fsp3) is 0.462. The predicted molar refractivity (Wildman–Crippen MR) is 67.2 cm³/mol. The standard InChI is InChI=1S/C13H16ClNO2/c1-2-12(6-14)15-13(16)9-3-4-10-7-17-8-11(10)5-9/h3-5,12H,2,6-8H2,1H3,(H,15,16). The van der Waals surface area contributed by atoms with Crippen LogP contribution in [0.5, 0.6) is 0 Å². The average Bonchev–Trinajstić information content (AvgIpc) is 2.82. The van der Waals surface area contributed by atoms with Crippen molar-refractivity contribution >= 4 is 17.5 Å². The Morgan fingerprint density at radius 3 is 2.94 bits per heavy atom. The molecule has 4 heteroatoms.